The Kier molecular flexibility index (Phi) is 10.5. The van der Waals surface area contributed by atoms with Crippen LogP contribution in [-0.2, 0) is 35.2 Å². The van der Waals surface area contributed by atoms with E-state index >= 15 is 0 Å². The second-order valence-corrected chi connectivity index (χ2v) is 11.4. The molecule has 2 amide bonds. The molecule has 0 radical (unpaired) electrons. The highest BCUT2D eigenvalue weighted by Gasteiger charge is 2.35. The SMILES string of the molecule is O=C(C(Cc1ccccc1)N(Cc1ccccc1)C(=O)C=Cc1ccc(C(F)(F)F)nc1)N1CCC(Cc2ccccc2)CC1. The van der Waals surface area contributed by atoms with Crippen LogP contribution in [0.5, 0.6) is 0 Å². The Hall–Kier alpha value is -4.72. The summed E-state index contributed by atoms with van der Waals surface area (Å²) in [7, 11) is 0. The van der Waals surface area contributed by atoms with Gasteiger partial charge in [0.1, 0.15) is 11.7 Å². The van der Waals surface area contributed by atoms with Crippen LogP contribution in [0.1, 0.15) is 40.8 Å². The van der Waals surface area contributed by atoms with Crippen molar-refractivity contribution < 1.29 is 22.8 Å². The zero-order valence-electron chi connectivity index (χ0n) is 24.9. The van der Waals surface area contributed by atoms with Crippen LogP contribution in [0, 0.1) is 5.92 Å². The highest BCUT2D eigenvalue weighted by molar-refractivity contribution is 5.95. The van der Waals surface area contributed by atoms with Gasteiger partial charge in [0.05, 0.1) is 0 Å². The normalized spacial score (nSPS) is 14.8. The molecule has 45 heavy (non-hydrogen) atoms. The maximum absolute atomic E-state index is 14.3. The summed E-state index contributed by atoms with van der Waals surface area (Å²) < 4.78 is 39.0. The van der Waals surface area contributed by atoms with Crippen LogP contribution in [0.15, 0.2) is 115 Å². The first kappa shape index (κ1) is 31.7. The van der Waals surface area contributed by atoms with Crippen molar-refractivity contribution in [2.45, 2.75) is 44.4 Å². The van der Waals surface area contributed by atoms with Gasteiger partial charge in [-0.2, -0.15) is 13.2 Å². The topological polar surface area (TPSA) is 53.5 Å². The smallest absolute Gasteiger partial charge is 0.341 e. The Morgan fingerprint density at radius 3 is 1.96 bits per heavy atom. The van der Waals surface area contributed by atoms with Gasteiger partial charge < -0.3 is 9.80 Å². The average molecular weight is 612 g/mol. The van der Waals surface area contributed by atoms with Crippen molar-refractivity contribution in [2.75, 3.05) is 13.1 Å². The van der Waals surface area contributed by atoms with Crippen molar-refractivity contribution in [3.8, 4) is 0 Å². The fourth-order valence-electron chi connectivity index (χ4n) is 5.74. The molecule has 0 saturated carbocycles. The molecule has 3 aromatic carbocycles. The highest BCUT2D eigenvalue weighted by atomic mass is 19.4. The van der Waals surface area contributed by atoms with Crippen molar-refractivity contribution >= 4 is 17.9 Å². The number of hydrogen-bond donors (Lipinski definition) is 0. The molecule has 2 heterocycles. The van der Waals surface area contributed by atoms with Gasteiger partial charge in [-0.05, 0) is 59.6 Å². The van der Waals surface area contributed by atoms with E-state index in [9.17, 15) is 22.8 Å². The first-order valence-electron chi connectivity index (χ1n) is 15.2. The molecule has 1 atom stereocenters. The van der Waals surface area contributed by atoms with E-state index in [1.165, 1.54) is 23.8 Å². The van der Waals surface area contributed by atoms with Crippen molar-refractivity contribution in [1.29, 1.82) is 0 Å². The third kappa shape index (κ3) is 8.91. The van der Waals surface area contributed by atoms with Gasteiger partial charge >= 0.3 is 6.18 Å². The number of hydrogen-bond acceptors (Lipinski definition) is 3. The largest absolute Gasteiger partial charge is 0.433 e. The molecule has 1 aromatic heterocycles. The van der Waals surface area contributed by atoms with E-state index in [2.05, 4.69) is 17.1 Å². The first-order chi connectivity index (χ1) is 21.8. The van der Waals surface area contributed by atoms with Gasteiger partial charge in [-0.25, -0.2) is 0 Å². The molecule has 0 N–H and O–H groups in total. The van der Waals surface area contributed by atoms with Crippen LogP contribution in [-0.4, -0.2) is 45.7 Å². The minimum Gasteiger partial charge on any atom is -0.341 e. The van der Waals surface area contributed by atoms with Gasteiger partial charge in [0.25, 0.3) is 0 Å². The second-order valence-electron chi connectivity index (χ2n) is 11.4. The Bertz CT molecular complexity index is 1550. The molecular weight excluding hydrogens is 575 g/mol. The standard InChI is InChI=1S/C37H36F3N3O2/c38-37(39,40)34-18-16-31(26-41-34)17-19-35(44)43(27-32-14-8-3-9-15-32)33(25-29-12-6-2-7-13-29)36(45)42-22-20-30(21-23-42)24-28-10-4-1-5-11-28/h1-19,26,30,33H,20-25,27H2. The maximum Gasteiger partial charge on any atom is 0.433 e. The molecule has 1 unspecified atom stereocenters. The van der Waals surface area contributed by atoms with Gasteiger partial charge in [-0.15, -0.1) is 0 Å². The Morgan fingerprint density at radius 2 is 1.40 bits per heavy atom. The van der Waals surface area contributed by atoms with E-state index in [0.29, 0.717) is 31.0 Å². The molecule has 1 fully saturated rings. The minimum atomic E-state index is -4.55. The van der Waals surface area contributed by atoms with Gasteiger partial charge in [0.2, 0.25) is 11.8 Å². The fraction of sp³-hybridized carbons (Fsp3) is 0.270. The third-order valence-electron chi connectivity index (χ3n) is 8.20. The molecular formula is C37H36F3N3O2. The molecule has 8 heteroatoms. The van der Waals surface area contributed by atoms with Crippen molar-refractivity contribution in [3.05, 3.63) is 143 Å². The molecule has 0 bridgehead atoms. The van der Waals surface area contributed by atoms with E-state index in [4.69, 9.17) is 0 Å². The Morgan fingerprint density at radius 1 is 0.822 bits per heavy atom. The molecule has 0 aliphatic carbocycles. The number of pyridine rings is 1. The summed E-state index contributed by atoms with van der Waals surface area (Å²) in [4.78, 5) is 35.1. The summed E-state index contributed by atoms with van der Waals surface area (Å²) >= 11 is 0. The predicted molar refractivity (Wildman–Crippen MR) is 169 cm³/mol. The summed E-state index contributed by atoms with van der Waals surface area (Å²) in [6.07, 6.45) is 2.35. The van der Waals surface area contributed by atoms with E-state index in [1.807, 2.05) is 83.8 Å². The highest BCUT2D eigenvalue weighted by Crippen LogP contribution is 2.28. The van der Waals surface area contributed by atoms with Crippen molar-refractivity contribution in [2.24, 2.45) is 5.92 Å². The van der Waals surface area contributed by atoms with Gasteiger partial charge in [0, 0.05) is 38.3 Å². The van der Waals surface area contributed by atoms with E-state index in [0.717, 1.165) is 42.7 Å². The number of halogens is 3. The van der Waals surface area contributed by atoms with E-state index in [1.54, 1.807) is 4.90 Å². The van der Waals surface area contributed by atoms with Gasteiger partial charge in [0.15, 0.2) is 0 Å². The number of aromatic nitrogens is 1. The lowest BCUT2D eigenvalue weighted by Crippen LogP contribution is -2.53. The molecule has 1 aliphatic rings. The van der Waals surface area contributed by atoms with E-state index < -0.39 is 23.8 Å². The van der Waals surface area contributed by atoms with Crippen LogP contribution < -0.4 is 0 Å². The Balaban J connectivity index is 1.39. The van der Waals surface area contributed by atoms with Gasteiger partial charge in [-0.3, -0.25) is 14.6 Å². The summed E-state index contributed by atoms with van der Waals surface area (Å²) in [5.41, 5.74) is 2.43. The average Bonchev–Trinajstić information content (AvgIpc) is 3.06. The van der Waals surface area contributed by atoms with Crippen molar-refractivity contribution in [1.82, 2.24) is 14.8 Å². The minimum absolute atomic E-state index is 0.106. The van der Waals surface area contributed by atoms with E-state index in [-0.39, 0.29) is 12.5 Å². The predicted octanol–water partition coefficient (Wildman–Crippen LogP) is 7.24. The molecule has 5 rings (SSSR count). The summed E-state index contributed by atoms with van der Waals surface area (Å²) in [5.74, 6) is -0.0377. The number of alkyl halides is 3. The zero-order chi connectivity index (χ0) is 31.6. The van der Waals surface area contributed by atoms with Crippen molar-refractivity contribution in [3.63, 3.8) is 0 Å². The van der Waals surface area contributed by atoms with Crippen LogP contribution >= 0.6 is 0 Å². The number of carbonyl (C=O) groups is 2. The second kappa shape index (κ2) is 14.8. The molecule has 232 valence electrons. The maximum atomic E-state index is 14.3. The number of rotatable bonds is 10. The summed E-state index contributed by atoms with van der Waals surface area (Å²) in [5, 5.41) is 0. The van der Waals surface area contributed by atoms with Crippen LogP contribution in [0.25, 0.3) is 6.08 Å². The molecule has 5 nitrogen and oxygen atoms in total. The quantitative estimate of drug-likeness (QED) is 0.178. The lowest BCUT2D eigenvalue weighted by atomic mass is 9.89. The number of likely N-dealkylation sites (tertiary alicyclic amines) is 1. The number of amides is 2. The number of piperidine rings is 1. The molecule has 0 spiro atoms. The van der Waals surface area contributed by atoms with Crippen LogP contribution in [0.2, 0.25) is 0 Å². The number of carbonyl (C=O) groups excluding carboxylic acids is 2. The molecule has 4 aromatic rings. The van der Waals surface area contributed by atoms with Gasteiger partial charge in [-0.1, -0.05) is 97.1 Å². The summed E-state index contributed by atoms with van der Waals surface area (Å²) in [6.45, 7) is 1.42. The molecule has 1 saturated heterocycles. The lowest BCUT2D eigenvalue weighted by Gasteiger charge is -2.38. The van der Waals surface area contributed by atoms with Crippen LogP contribution in [0.4, 0.5) is 13.2 Å². The first-order valence-corrected chi connectivity index (χ1v) is 15.2. The summed E-state index contributed by atoms with van der Waals surface area (Å²) in [6, 6.07) is 30.8. The zero-order valence-corrected chi connectivity index (χ0v) is 24.9. The number of nitrogens with zero attached hydrogens (tertiary/aromatic N) is 3. The fourth-order valence-corrected chi connectivity index (χ4v) is 5.74. The monoisotopic (exact) mass is 611 g/mol. The Labute approximate surface area is 262 Å². The van der Waals surface area contributed by atoms with Crippen LogP contribution in [0.3, 0.4) is 0 Å². The number of benzene rings is 3. The third-order valence-corrected chi connectivity index (χ3v) is 8.20. The lowest BCUT2D eigenvalue weighted by molar-refractivity contribution is -0.145. The molecule has 1 aliphatic heterocycles.